The maximum Gasteiger partial charge on any atom is 0.266 e. The SMILES string of the molecule is CC(/C=C/C(=O)NN=O)=C\C=C(/C)CN(CCO)CCC1CNc2ccccc21. The Bertz CT molecular complexity index is 786. The largest absolute Gasteiger partial charge is 0.395 e. The van der Waals surface area contributed by atoms with Crippen molar-refractivity contribution < 1.29 is 9.90 Å². The maximum absolute atomic E-state index is 11.2. The van der Waals surface area contributed by atoms with E-state index in [1.165, 1.54) is 17.3 Å². The number of aliphatic hydroxyl groups is 1. The molecule has 1 aliphatic heterocycles. The summed E-state index contributed by atoms with van der Waals surface area (Å²) in [5.74, 6) is -0.0542. The summed E-state index contributed by atoms with van der Waals surface area (Å²) in [4.78, 5) is 23.4. The molecule has 1 heterocycles. The van der Waals surface area contributed by atoms with Crippen LogP contribution in [0.2, 0.25) is 0 Å². The molecule has 1 atom stereocenters. The third-order valence-corrected chi connectivity index (χ3v) is 4.91. The zero-order valence-electron chi connectivity index (χ0n) is 17.1. The van der Waals surface area contributed by atoms with Crippen LogP contribution in [0.15, 0.2) is 65.0 Å². The Morgan fingerprint density at radius 1 is 1.28 bits per heavy atom. The van der Waals surface area contributed by atoms with E-state index >= 15 is 0 Å². The Labute approximate surface area is 172 Å². The van der Waals surface area contributed by atoms with E-state index in [2.05, 4.69) is 39.8 Å². The highest BCUT2D eigenvalue weighted by molar-refractivity contribution is 5.87. The van der Waals surface area contributed by atoms with Crippen molar-refractivity contribution in [1.82, 2.24) is 10.3 Å². The molecule has 7 heteroatoms. The molecule has 1 aliphatic rings. The Morgan fingerprint density at radius 2 is 2.07 bits per heavy atom. The van der Waals surface area contributed by atoms with Crippen LogP contribution in [0, 0.1) is 4.91 Å². The summed E-state index contributed by atoms with van der Waals surface area (Å²) in [5.41, 5.74) is 6.47. The molecule has 1 unspecified atom stereocenters. The molecule has 29 heavy (non-hydrogen) atoms. The van der Waals surface area contributed by atoms with Gasteiger partial charge < -0.3 is 10.4 Å². The van der Waals surface area contributed by atoms with Gasteiger partial charge in [0.2, 0.25) is 0 Å². The topological polar surface area (TPSA) is 94.0 Å². The fourth-order valence-electron chi connectivity index (χ4n) is 3.39. The van der Waals surface area contributed by atoms with Gasteiger partial charge in [-0.3, -0.25) is 9.69 Å². The molecule has 0 spiro atoms. The second kappa shape index (κ2) is 11.9. The summed E-state index contributed by atoms with van der Waals surface area (Å²) in [6.45, 7) is 7.33. The summed E-state index contributed by atoms with van der Waals surface area (Å²) in [6.07, 6.45) is 7.85. The minimum absolute atomic E-state index is 0.129. The van der Waals surface area contributed by atoms with Crippen molar-refractivity contribution in [2.45, 2.75) is 26.2 Å². The minimum atomic E-state index is -0.550. The highest BCUT2D eigenvalue weighted by Crippen LogP contribution is 2.33. The molecule has 0 aromatic heterocycles. The van der Waals surface area contributed by atoms with Gasteiger partial charge in [0.1, 0.15) is 0 Å². The van der Waals surface area contributed by atoms with Crippen molar-refractivity contribution in [2.75, 3.05) is 38.1 Å². The molecule has 3 N–H and O–H groups in total. The number of nitrogens with one attached hydrogen (secondary N) is 2. The molecule has 1 aromatic carbocycles. The average molecular weight is 399 g/mol. The number of hydrogen-bond acceptors (Lipinski definition) is 6. The Kier molecular flexibility index (Phi) is 9.27. The lowest BCUT2D eigenvalue weighted by molar-refractivity contribution is -0.116. The van der Waals surface area contributed by atoms with Crippen molar-refractivity contribution in [3.8, 4) is 0 Å². The molecule has 1 aromatic rings. The van der Waals surface area contributed by atoms with Gasteiger partial charge in [0.05, 0.1) is 11.9 Å². The molecule has 7 nitrogen and oxygen atoms in total. The lowest BCUT2D eigenvalue weighted by Crippen LogP contribution is -2.30. The van der Waals surface area contributed by atoms with Gasteiger partial charge in [-0.25, -0.2) is 5.43 Å². The first-order valence-electron chi connectivity index (χ1n) is 9.84. The van der Waals surface area contributed by atoms with Crippen molar-refractivity contribution in [1.29, 1.82) is 0 Å². The normalized spacial score (nSPS) is 16.8. The van der Waals surface area contributed by atoms with E-state index in [1.807, 2.05) is 31.4 Å². The highest BCUT2D eigenvalue weighted by atomic mass is 16.3. The number of rotatable bonds is 11. The zero-order valence-corrected chi connectivity index (χ0v) is 17.1. The van der Waals surface area contributed by atoms with Gasteiger partial charge in [-0.05, 0) is 38.4 Å². The number of nitroso groups, excluding NO2 is 1. The molecule has 0 fully saturated rings. The fraction of sp³-hybridized carbons (Fsp3) is 0.409. The number of nitrogens with zero attached hydrogens (tertiary/aromatic N) is 2. The lowest BCUT2D eigenvalue weighted by Gasteiger charge is -2.23. The molecular weight excluding hydrogens is 368 g/mol. The van der Waals surface area contributed by atoms with E-state index in [-0.39, 0.29) is 6.61 Å². The van der Waals surface area contributed by atoms with Crippen molar-refractivity contribution in [2.24, 2.45) is 5.29 Å². The van der Waals surface area contributed by atoms with Crippen LogP contribution >= 0.6 is 0 Å². The number of amides is 1. The minimum Gasteiger partial charge on any atom is -0.395 e. The van der Waals surface area contributed by atoms with Crippen molar-refractivity contribution >= 4 is 11.6 Å². The van der Waals surface area contributed by atoms with Gasteiger partial charge in [0, 0.05) is 37.3 Å². The predicted octanol–water partition coefficient (Wildman–Crippen LogP) is 3.13. The molecule has 0 radical (unpaired) electrons. The van der Waals surface area contributed by atoms with Crippen LogP contribution in [0.3, 0.4) is 0 Å². The van der Waals surface area contributed by atoms with E-state index in [9.17, 15) is 14.8 Å². The average Bonchev–Trinajstić information content (AvgIpc) is 3.12. The van der Waals surface area contributed by atoms with E-state index in [0.717, 1.165) is 37.2 Å². The Balaban J connectivity index is 1.88. The molecule has 0 saturated carbocycles. The second-order valence-corrected chi connectivity index (χ2v) is 7.28. The summed E-state index contributed by atoms with van der Waals surface area (Å²) < 4.78 is 0. The standard InChI is InChI=1S/C22H30N4O3/c1-17(9-10-22(28)24-25-29)7-8-18(2)16-26(13-14-27)12-11-19-15-23-21-6-4-3-5-20(19)21/h3-10,19,23,27H,11-16H2,1-2H3,(H,24,28,29)/b10-9+,17-7+,18-8+. The maximum atomic E-state index is 11.2. The first kappa shape index (κ1) is 22.5. The fourth-order valence-corrected chi connectivity index (χ4v) is 3.39. The predicted molar refractivity (Wildman–Crippen MR) is 116 cm³/mol. The Hall–Kier alpha value is -2.77. The van der Waals surface area contributed by atoms with Crippen LogP contribution in [-0.4, -0.2) is 48.7 Å². The van der Waals surface area contributed by atoms with Gasteiger partial charge in [-0.2, -0.15) is 0 Å². The van der Waals surface area contributed by atoms with Crippen LogP contribution in [0.25, 0.3) is 0 Å². The summed E-state index contributed by atoms with van der Waals surface area (Å²) >= 11 is 0. The number of benzene rings is 1. The third-order valence-electron chi connectivity index (χ3n) is 4.91. The number of anilines is 1. The highest BCUT2D eigenvalue weighted by Gasteiger charge is 2.21. The number of hydrogen-bond donors (Lipinski definition) is 3. The first-order chi connectivity index (χ1) is 14.0. The lowest BCUT2D eigenvalue weighted by atomic mass is 9.97. The molecule has 0 saturated heterocycles. The summed E-state index contributed by atoms with van der Waals surface area (Å²) in [5, 5.41) is 15.2. The van der Waals surface area contributed by atoms with Gasteiger partial charge >= 0.3 is 0 Å². The molecule has 0 bridgehead atoms. The molecular formula is C22H30N4O3. The van der Waals surface area contributed by atoms with E-state index in [1.54, 1.807) is 6.08 Å². The number of carbonyl (C=O) groups excluding carboxylic acids is 1. The number of aliphatic hydroxyl groups excluding tert-OH is 1. The van der Waals surface area contributed by atoms with E-state index in [4.69, 9.17) is 0 Å². The summed E-state index contributed by atoms with van der Waals surface area (Å²) in [7, 11) is 0. The van der Waals surface area contributed by atoms with Crippen LogP contribution in [0.4, 0.5) is 5.69 Å². The molecule has 2 rings (SSSR count). The van der Waals surface area contributed by atoms with Gasteiger partial charge in [0.25, 0.3) is 5.91 Å². The number of para-hydroxylation sites is 1. The molecule has 0 aliphatic carbocycles. The number of allylic oxidation sites excluding steroid dienone is 4. The van der Waals surface area contributed by atoms with Crippen LogP contribution in [-0.2, 0) is 4.79 Å². The first-order valence-corrected chi connectivity index (χ1v) is 9.84. The van der Waals surface area contributed by atoms with Crippen molar-refractivity contribution in [3.05, 3.63) is 70.2 Å². The third kappa shape index (κ3) is 7.63. The van der Waals surface area contributed by atoms with Crippen LogP contribution < -0.4 is 10.7 Å². The molecule has 1 amide bonds. The van der Waals surface area contributed by atoms with Crippen LogP contribution in [0.5, 0.6) is 0 Å². The monoisotopic (exact) mass is 398 g/mol. The molecule has 156 valence electrons. The van der Waals surface area contributed by atoms with Gasteiger partial charge in [0.15, 0.2) is 0 Å². The van der Waals surface area contributed by atoms with E-state index in [0.29, 0.717) is 12.5 Å². The summed E-state index contributed by atoms with van der Waals surface area (Å²) in [6, 6.07) is 8.44. The van der Waals surface area contributed by atoms with Crippen LogP contribution in [0.1, 0.15) is 31.7 Å². The van der Waals surface area contributed by atoms with Crippen molar-refractivity contribution in [3.63, 3.8) is 0 Å². The van der Waals surface area contributed by atoms with Gasteiger partial charge in [-0.15, -0.1) is 4.91 Å². The van der Waals surface area contributed by atoms with Gasteiger partial charge in [-0.1, -0.05) is 47.6 Å². The zero-order chi connectivity index (χ0) is 21.1. The number of fused-ring (bicyclic) bond motifs is 1. The second-order valence-electron chi connectivity index (χ2n) is 7.28. The smallest absolute Gasteiger partial charge is 0.266 e. The number of carbonyl (C=O) groups is 1. The Morgan fingerprint density at radius 3 is 2.83 bits per heavy atom. The quantitative estimate of drug-likeness (QED) is 0.230. The van der Waals surface area contributed by atoms with E-state index < -0.39 is 5.91 Å².